The molecule has 18 heavy (non-hydrogen) atoms. The van der Waals surface area contributed by atoms with Gasteiger partial charge in [0.15, 0.2) is 11.6 Å². The van der Waals surface area contributed by atoms with Gasteiger partial charge in [0.05, 0.1) is 6.61 Å². The third-order valence-corrected chi connectivity index (χ3v) is 2.14. The number of carbonyl (C=O) groups is 1. The maximum absolute atomic E-state index is 13.2. The maximum atomic E-state index is 13.2. The maximum Gasteiger partial charge on any atom is 0.353 e. The SMILES string of the molecule is CCOC(=O)C(N)=CCc1cc(F)c(F)cc1F. The molecule has 0 atom stereocenters. The molecule has 0 bridgehead atoms. The van der Waals surface area contributed by atoms with Crippen molar-refractivity contribution in [3.8, 4) is 0 Å². The van der Waals surface area contributed by atoms with Crippen molar-refractivity contribution in [2.45, 2.75) is 13.3 Å². The number of halogens is 3. The van der Waals surface area contributed by atoms with Crippen LogP contribution in [0.15, 0.2) is 23.9 Å². The number of hydrogen-bond acceptors (Lipinski definition) is 3. The molecule has 98 valence electrons. The van der Waals surface area contributed by atoms with Crippen LogP contribution < -0.4 is 5.73 Å². The van der Waals surface area contributed by atoms with Crippen LogP contribution in [-0.2, 0) is 16.0 Å². The van der Waals surface area contributed by atoms with Gasteiger partial charge in [-0.3, -0.25) is 0 Å². The van der Waals surface area contributed by atoms with E-state index >= 15 is 0 Å². The second kappa shape index (κ2) is 6.09. The van der Waals surface area contributed by atoms with Crippen molar-refractivity contribution in [3.05, 3.63) is 46.9 Å². The highest BCUT2D eigenvalue weighted by molar-refractivity contribution is 5.87. The van der Waals surface area contributed by atoms with Gasteiger partial charge in [0.25, 0.3) is 0 Å². The van der Waals surface area contributed by atoms with Gasteiger partial charge in [0.1, 0.15) is 11.5 Å². The van der Waals surface area contributed by atoms with Crippen LogP contribution in [0, 0.1) is 17.5 Å². The zero-order chi connectivity index (χ0) is 13.7. The van der Waals surface area contributed by atoms with Crippen LogP contribution in [-0.4, -0.2) is 12.6 Å². The normalized spacial score (nSPS) is 11.4. The van der Waals surface area contributed by atoms with E-state index in [1.54, 1.807) is 6.92 Å². The van der Waals surface area contributed by atoms with E-state index in [9.17, 15) is 18.0 Å². The first-order chi connectivity index (χ1) is 8.45. The molecule has 1 aromatic rings. The van der Waals surface area contributed by atoms with E-state index in [2.05, 4.69) is 4.74 Å². The zero-order valence-corrected chi connectivity index (χ0v) is 9.67. The fraction of sp³-hybridized carbons (Fsp3) is 0.250. The standard InChI is InChI=1S/C12H12F3NO2/c1-2-18-12(17)11(16)4-3-7-5-9(14)10(15)6-8(7)13/h4-6H,2-3,16H2,1H3. The Kier molecular flexibility index (Phi) is 4.76. The Labute approximate surface area is 102 Å². The summed E-state index contributed by atoms with van der Waals surface area (Å²) < 4.78 is 43.4. The second-order valence-corrected chi connectivity index (χ2v) is 3.44. The lowest BCUT2D eigenvalue weighted by Crippen LogP contribution is -2.15. The monoisotopic (exact) mass is 259 g/mol. The Morgan fingerprint density at radius 1 is 1.28 bits per heavy atom. The molecule has 6 heteroatoms. The Morgan fingerprint density at radius 3 is 2.50 bits per heavy atom. The van der Waals surface area contributed by atoms with Crippen molar-refractivity contribution in [2.75, 3.05) is 6.61 Å². The highest BCUT2D eigenvalue weighted by atomic mass is 19.2. The van der Waals surface area contributed by atoms with Gasteiger partial charge < -0.3 is 10.5 Å². The molecule has 0 fully saturated rings. The molecule has 0 spiro atoms. The Hall–Kier alpha value is -1.98. The van der Waals surface area contributed by atoms with Crippen molar-refractivity contribution in [1.29, 1.82) is 0 Å². The second-order valence-electron chi connectivity index (χ2n) is 3.44. The summed E-state index contributed by atoms with van der Waals surface area (Å²) >= 11 is 0. The Balaban J connectivity index is 2.83. The highest BCUT2D eigenvalue weighted by Gasteiger charge is 2.10. The minimum absolute atomic E-state index is 0.0962. The van der Waals surface area contributed by atoms with E-state index in [1.165, 1.54) is 6.08 Å². The minimum Gasteiger partial charge on any atom is -0.461 e. The molecule has 0 aliphatic heterocycles. The molecule has 0 heterocycles. The van der Waals surface area contributed by atoms with E-state index in [1.807, 2.05) is 0 Å². The van der Waals surface area contributed by atoms with E-state index in [0.29, 0.717) is 6.07 Å². The molecule has 3 nitrogen and oxygen atoms in total. The first kappa shape index (κ1) is 14.1. The van der Waals surface area contributed by atoms with Gasteiger partial charge in [-0.05, 0) is 31.1 Å². The summed E-state index contributed by atoms with van der Waals surface area (Å²) in [5.74, 6) is -4.06. The van der Waals surface area contributed by atoms with Gasteiger partial charge in [0, 0.05) is 6.07 Å². The van der Waals surface area contributed by atoms with Gasteiger partial charge >= 0.3 is 5.97 Å². The van der Waals surface area contributed by atoms with Crippen molar-refractivity contribution < 1.29 is 22.7 Å². The van der Waals surface area contributed by atoms with E-state index in [-0.39, 0.29) is 24.3 Å². The third kappa shape index (κ3) is 3.51. The average Bonchev–Trinajstić information content (AvgIpc) is 2.32. The first-order valence-corrected chi connectivity index (χ1v) is 5.21. The Morgan fingerprint density at radius 2 is 1.89 bits per heavy atom. The van der Waals surface area contributed by atoms with Crippen LogP contribution in [0.1, 0.15) is 12.5 Å². The number of carbonyl (C=O) groups excluding carboxylic acids is 1. The molecular weight excluding hydrogens is 247 g/mol. The number of esters is 1. The third-order valence-electron chi connectivity index (χ3n) is 2.14. The Bertz CT molecular complexity index is 486. The van der Waals surface area contributed by atoms with E-state index in [4.69, 9.17) is 5.73 Å². The molecule has 0 saturated carbocycles. The lowest BCUT2D eigenvalue weighted by atomic mass is 10.1. The summed E-state index contributed by atoms with van der Waals surface area (Å²) in [6, 6.07) is 1.17. The molecule has 0 aromatic heterocycles. The van der Waals surface area contributed by atoms with Crippen LogP contribution in [0.2, 0.25) is 0 Å². The molecule has 1 aromatic carbocycles. The van der Waals surface area contributed by atoms with Crippen LogP contribution in [0.25, 0.3) is 0 Å². The van der Waals surface area contributed by atoms with Crippen molar-refractivity contribution in [2.24, 2.45) is 5.73 Å². The van der Waals surface area contributed by atoms with E-state index < -0.39 is 23.4 Å². The summed E-state index contributed by atoms with van der Waals surface area (Å²) in [5.41, 5.74) is 5.06. The summed E-state index contributed by atoms with van der Waals surface area (Å²) in [5, 5.41) is 0. The number of rotatable bonds is 4. The van der Waals surface area contributed by atoms with Crippen molar-refractivity contribution in [3.63, 3.8) is 0 Å². The molecule has 0 aliphatic carbocycles. The van der Waals surface area contributed by atoms with Crippen LogP contribution in [0.3, 0.4) is 0 Å². The molecule has 2 N–H and O–H groups in total. The highest BCUT2D eigenvalue weighted by Crippen LogP contribution is 2.14. The predicted octanol–water partition coefficient (Wildman–Crippen LogP) is 2.05. The van der Waals surface area contributed by atoms with E-state index in [0.717, 1.165) is 6.07 Å². The van der Waals surface area contributed by atoms with Crippen molar-refractivity contribution in [1.82, 2.24) is 0 Å². The zero-order valence-electron chi connectivity index (χ0n) is 9.67. The molecule has 0 aliphatic rings. The van der Waals surface area contributed by atoms with Gasteiger partial charge in [-0.1, -0.05) is 0 Å². The lowest BCUT2D eigenvalue weighted by molar-refractivity contribution is -0.138. The minimum atomic E-state index is -1.27. The molecule has 0 unspecified atom stereocenters. The molecular formula is C12H12F3NO2. The van der Waals surface area contributed by atoms with Gasteiger partial charge in [0.2, 0.25) is 0 Å². The van der Waals surface area contributed by atoms with Crippen LogP contribution in [0.4, 0.5) is 13.2 Å². The summed E-state index contributed by atoms with van der Waals surface area (Å²) in [6.07, 6.45) is 1.06. The summed E-state index contributed by atoms with van der Waals surface area (Å²) in [4.78, 5) is 11.1. The largest absolute Gasteiger partial charge is 0.461 e. The topological polar surface area (TPSA) is 52.3 Å². The number of nitrogens with two attached hydrogens (primary N) is 1. The number of benzene rings is 1. The lowest BCUT2D eigenvalue weighted by Gasteiger charge is -2.03. The predicted molar refractivity (Wildman–Crippen MR) is 58.9 cm³/mol. The van der Waals surface area contributed by atoms with Gasteiger partial charge in [-0.15, -0.1) is 0 Å². The summed E-state index contributed by atoms with van der Waals surface area (Å²) in [7, 11) is 0. The summed E-state index contributed by atoms with van der Waals surface area (Å²) in [6.45, 7) is 1.77. The smallest absolute Gasteiger partial charge is 0.353 e. The molecule has 0 radical (unpaired) electrons. The van der Waals surface area contributed by atoms with Gasteiger partial charge in [-0.25, -0.2) is 18.0 Å². The average molecular weight is 259 g/mol. The molecule has 1 rings (SSSR count). The van der Waals surface area contributed by atoms with Crippen molar-refractivity contribution >= 4 is 5.97 Å². The first-order valence-electron chi connectivity index (χ1n) is 5.21. The molecule has 0 saturated heterocycles. The number of hydrogen-bond donors (Lipinski definition) is 1. The molecule has 0 amide bonds. The van der Waals surface area contributed by atoms with Crippen LogP contribution >= 0.6 is 0 Å². The number of allylic oxidation sites excluding steroid dienone is 1. The fourth-order valence-corrected chi connectivity index (χ4v) is 1.24. The quantitative estimate of drug-likeness (QED) is 0.511. The number of ether oxygens (including phenoxy) is 1. The fourth-order valence-electron chi connectivity index (χ4n) is 1.24. The van der Waals surface area contributed by atoms with Crippen LogP contribution in [0.5, 0.6) is 0 Å². The van der Waals surface area contributed by atoms with Gasteiger partial charge in [-0.2, -0.15) is 0 Å².